The summed E-state index contributed by atoms with van der Waals surface area (Å²) < 4.78 is 0. The van der Waals surface area contributed by atoms with Crippen LogP contribution in [0.25, 0.3) is 0 Å². The molecule has 5 nitrogen and oxygen atoms in total. The van der Waals surface area contributed by atoms with Crippen molar-refractivity contribution in [2.75, 3.05) is 5.73 Å². The molecule has 2 aromatic heterocycles. The van der Waals surface area contributed by atoms with E-state index in [-0.39, 0.29) is 5.91 Å². The third-order valence-electron chi connectivity index (χ3n) is 2.38. The number of nitrogens with two attached hydrogens (primary N) is 1. The number of carbonyl (C=O) groups excluding carboxylic acids is 1. The monoisotopic (exact) mass is 242 g/mol. The van der Waals surface area contributed by atoms with E-state index in [2.05, 4.69) is 15.3 Å². The molecular weight excluding hydrogens is 228 g/mol. The van der Waals surface area contributed by atoms with E-state index in [0.717, 1.165) is 11.4 Å². The molecule has 2 rings (SSSR count). The minimum Gasteiger partial charge on any atom is -0.384 e. The first kappa shape index (κ1) is 12.0. The zero-order chi connectivity index (χ0) is 13.0. The Balaban J connectivity index is 2.00. The predicted molar refractivity (Wildman–Crippen MR) is 68.8 cm³/mol. The van der Waals surface area contributed by atoms with Crippen molar-refractivity contribution < 1.29 is 4.79 Å². The standard InChI is InChI=1S/C13H14N4O/c1-9-4-2-5-10(16-9)8-15-13(18)11-6-3-7-12(14)17-11/h2-7H,8H2,1H3,(H2,14,17)(H,15,18). The van der Waals surface area contributed by atoms with E-state index >= 15 is 0 Å². The summed E-state index contributed by atoms with van der Waals surface area (Å²) in [6.07, 6.45) is 0. The highest BCUT2D eigenvalue weighted by atomic mass is 16.1. The SMILES string of the molecule is Cc1cccc(CNC(=O)c2cccc(N)n2)n1. The van der Waals surface area contributed by atoms with Gasteiger partial charge < -0.3 is 11.1 Å². The Morgan fingerprint density at radius 3 is 2.72 bits per heavy atom. The number of anilines is 1. The average Bonchev–Trinajstić information content (AvgIpc) is 2.36. The molecule has 3 N–H and O–H groups in total. The minimum atomic E-state index is -0.259. The van der Waals surface area contributed by atoms with Gasteiger partial charge in [0.15, 0.2) is 0 Å². The van der Waals surface area contributed by atoms with Crippen molar-refractivity contribution in [1.29, 1.82) is 0 Å². The van der Waals surface area contributed by atoms with Gasteiger partial charge >= 0.3 is 0 Å². The number of amides is 1. The van der Waals surface area contributed by atoms with Crippen LogP contribution in [0.15, 0.2) is 36.4 Å². The number of nitrogens with zero attached hydrogens (tertiary/aromatic N) is 2. The molecule has 0 bridgehead atoms. The van der Waals surface area contributed by atoms with Crippen molar-refractivity contribution in [3.05, 3.63) is 53.5 Å². The number of aryl methyl sites for hydroxylation is 1. The van der Waals surface area contributed by atoms with E-state index in [0.29, 0.717) is 18.1 Å². The molecule has 0 aliphatic carbocycles. The lowest BCUT2D eigenvalue weighted by atomic mass is 10.3. The first-order valence-electron chi connectivity index (χ1n) is 5.58. The highest BCUT2D eigenvalue weighted by molar-refractivity contribution is 5.92. The molecule has 0 radical (unpaired) electrons. The van der Waals surface area contributed by atoms with Gasteiger partial charge in [-0.1, -0.05) is 12.1 Å². The van der Waals surface area contributed by atoms with Crippen LogP contribution < -0.4 is 11.1 Å². The number of pyridine rings is 2. The number of rotatable bonds is 3. The summed E-state index contributed by atoms with van der Waals surface area (Å²) in [5.74, 6) is 0.0712. The summed E-state index contributed by atoms with van der Waals surface area (Å²) in [4.78, 5) is 20.0. The molecule has 0 saturated carbocycles. The van der Waals surface area contributed by atoms with Gasteiger partial charge in [0.05, 0.1) is 12.2 Å². The zero-order valence-electron chi connectivity index (χ0n) is 10.1. The second kappa shape index (κ2) is 5.27. The van der Waals surface area contributed by atoms with Crippen LogP contribution in [0.5, 0.6) is 0 Å². The van der Waals surface area contributed by atoms with Gasteiger partial charge in [0, 0.05) is 5.69 Å². The summed E-state index contributed by atoms with van der Waals surface area (Å²) in [5.41, 5.74) is 7.56. The zero-order valence-corrected chi connectivity index (χ0v) is 10.1. The van der Waals surface area contributed by atoms with E-state index in [1.807, 2.05) is 25.1 Å². The Bertz CT molecular complexity index is 568. The first-order valence-corrected chi connectivity index (χ1v) is 5.58. The maximum atomic E-state index is 11.8. The Labute approximate surface area is 105 Å². The summed E-state index contributed by atoms with van der Waals surface area (Å²) in [6, 6.07) is 10.6. The molecule has 2 heterocycles. The molecular formula is C13H14N4O. The van der Waals surface area contributed by atoms with Crippen LogP contribution in [-0.4, -0.2) is 15.9 Å². The van der Waals surface area contributed by atoms with Crippen LogP contribution in [-0.2, 0) is 6.54 Å². The number of carbonyl (C=O) groups is 1. The third-order valence-corrected chi connectivity index (χ3v) is 2.38. The normalized spacial score (nSPS) is 10.1. The fourth-order valence-corrected chi connectivity index (χ4v) is 1.54. The smallest absolute Gasteiger partial charge is 0.270 e. The van der Waals surface area contributed by atoms with Crippen molar-refractivity contribution in [3.8, 4) is 0 Å². The molecule has 2 aromatic rings. The fraction of sp³-hybridized carbons (Fsp3) is 0.154. The molecule has 5 heteroatoms. The quantitative estimate of drug-likeness (QED) is 0.850. The molecule has 0 fully saturated rings. The van der Waals surface area contributed by atoms with Crippen molar-refractivity contribution in [2.45, 2.75) is 13.5 Å². The average molecular weight is 242 g/mol. The van der Waals surface area contributed by atoms with Crippen molar-refractivity contribution >= 4 is 11.7 Å². The maximum absolute atomic E-state index is 11.8. The Morgan fingerprint density at radius 2 is 2.00 bits per heavy atom. The second-order valence-corrected chi connectivity index (χ2v) is 3.90. The Kier molecular flexibility index (Phi) is 3.52. The van der Waals surface area contributed by atoms with Gasteiger partial charge in [0.25, 0.3) is 5.91 Å². The predicted octanol–water partition coefficient (Wildman–Crippen LogP) is 1.30. The molecule has 1 amide bonds. The van der Waals surface area contributed by atoms with Gasteiger partial charge in [-0.05, 0) is 31.2 Å². The highest BCUT2D eigenvalue weighted by Crippen LogP contribution is 2.02. The second-order valence-electron chi connectivity index (χ2n) is 3.90. The lowest BCUT2D eigenvalue weighted by molar-refractivity contribution is 0.0945. The number of nitrogen functional groups attached to an aromatic ring is 1. The first-order chi connectivity index (χ1) is 8.65. The van der Waals surface area contributed by atoms with Crippen molar-refractivity contribution in [1.82, 2.24) is 15.3 Å². The molecule has 0 unspecified atom stereocenters. The van der Waals surface area contributed by atoms with Crippen LogP contribution >= 0.6 is 0 Å². The van der Waals surface area contributed by atoms with Gasteiger partial charge in [0.2, 0.25) is 0 Å². The number of aromatic nitrogens is 2. The number of hydrogen-bond acceptors (Lipinski definition) is 4. The minimum absolute atomic E-state index is 0.259. The summed E-state index contributed by atoms with van der Waals surface area (Å²) in [5, 5.41) is 2.75. The molecule has 0 aromatic carbocycles. The summed E-state index contributed by atoms with van der Waals surface area (Å²) in [7, 11) is 0. The molecule has 0 aliphatic rings. The highest BCUT2D eigenvalue weighted by Gasteiger charge is 2.07. The van der Waals surface area contributed by atoms with Crippen LogP contribution in [0.4, 0.5) is 5.82 Å². The van der Waals surface area contributed by atoms with E-state index in [4.69, 9.17) is 5.73 Å². The van der Waals surface area contributed by atoms with Gasteiger partial charge in [-0.2, -0.15) is 0 Å². The molecule has 92 valence electrons. The van der Waals surface area contributed by atoms with E-state index in [1.165, 1.54) is 0 Å². The van der Waals surface area contributed by atoms with Crippen LogP contribution in [0, 0.1) is 6.92 Å². The number of nitrogens with one attached hydrogen (secondary N) is 1. The molecule has 0 spiro atoms. The van der Waals surface area contributed by atoms with E-state index in [9.17, 15) is 4.79 Å². The maximum Gasteiger partial charge on any atom is 0.270 e. The van der Waals surface area contributed by atoms with Gasteiger partial charge in [-0.25, -0.2) is 4.98 Å². The Morgan fingerprint density at radius 1 is 1.22 bits per heavy atom. The number of hydrogen-bond donors (Lipinski definition) is 2. The van der Waals surface area contributed by atoms with Crippen molar-refractivity contribution in [2.24, 2.45) is 0 Å². The largest absolute Gasteiger partial charge is 0.384 e. The van der Waals surface area contributed by atoms with Crippen molar-refractivity contribution in [3.63, 3.8) is 0 Å². The van der Waals surface area contributed by atoms with Gasteiger partial charge in [-0.3, -0.25) is 9.78 Å². The molecule has 0 saturated heterocycles. The van der Waals surface area contributed by atoms with E-state index < -0.39 is 0 Å². The Hall–Kier alpha value is -2.43. The fourth-order valence-electron chi connectivity index (χ4n) is 1.54. The van der Waals surface area contributed by atoms with Gasteiger partial charge in [0.1, 0.15) is 11.5 Å². The van der Waals surface area contributed by atoms with Crippen LogP contribution in [0.1, 0.15) is 21.9 Å². The molecule has 0 aliphatic heterocycles. The van der Waals surface area contributed by atoms with Crippen LogP contribution in [0.3, 0.4) is 0 Å². The van der Waals surface area contributed by atoms with Crippen LogP contribution in [0.2, 0.25) is 0 Å². The topological polar surface area (TPSA) is 80.9 Å². The third kappa shape index (κ3) is 3.04. The summed E-state index contributed by atoms with van der Waals surface area (Å²) >= 11 is 0. The molecule has 18 heavy (non-hydrogen) atoms. The lowest BCUT2D eigenvalue weighted by Gasteiger charge is -2.05. The summed E-state index contributed by atoms with van der Waals surface area (Å²) in [6.45, 7) is 2.28. The lowest BCUT2D eigenvalue weighted by Crippen LogP contribution is -2.24. The molecule has 0 atom stereocenters. The van der Waals surface area contributed by atoms with E-state index in [1.54, 1.807) is 18.2 Å². The van der Waals surface area contributed by atoms with Gasteiger partial charge in [-0.15, -0.1) is 0 Å².